The van der Waals surface area contributed by atoms with E-state index < -0.39 is 0 Å². The average Bonchev–Trinajstić information content (AvgIpc) is 2.35. The van der Waals surface area contributed by atoms with E-state index in [2.05, 4.69) is 25.1 Å². The Kier molecular flexibility index (Phi) is 2.78. The van der Waals surface area contributed by atoms with Gasteiger partial charge in [-0.1, -0.05) is 23.8 Å². The van der Waals surface area contributed by atoms with E-state index in [0.717, 1.165) is 29.3 Å². The molecule has 0 bridgehead atoms. The topological polar surface area (TPSA) is 38.9 Å². The average molecular weight is 256 g/mol. The first kappa shape index (κ1) is 11.6. The molecule has 0 radical (unpaired) electrons. The molecule has 0 atom stereocenters. The lowest BCUT2D eigenvalue weighted by Crippen LogP contribution is -2.18. The molecule has 3 heteroatoms. The van der Waals surface area contributed by atoms with Crippen LogP contribution < -0.4 is 5.73 Å². The Labute approximate surface area is 112 Å². The molecule has 18 heavy (non-hydrogen) atoms. The van der Waals surface area contributed by atoms with Crippen LogP contribution in [0.25, 0.3) is 10.9 Å². The molecule has 1 aromatic heterocycles. The molecule has 0 saturated heterocycles. The van der Waals surface area contributed by atoms with Crippen molar-refractivity contribution in [3.05, 3.63) is 40.6 Å². The lowest BCUT2D eigenvalue weighted by Gasteiger charge is -2.20. The van der Waals surface area contributed by atoms with Crippen molar-refractivity contribution in [3.63, 3.8) is 0 Å². The first-order chi connectivity index (χ1) is 8.66. The zero-order valence-corrected chi connectivity index (χ0v) is 11.3. The summed E-state index contributed by atoms with van der Waals surface area (Å²) in [6, 6.07) is 6.31. The number of aromatic nitrogens is 1. The van der Waals surface area contributed by atoms with Crippen LogP contribution in [-0.4, -0.2) is 9.97 Å². The van der Waals surface area contributed by atoms with Gasteiger partial charge in [0, 0.05) is 16.6 Å². The van der Waals surface area contributed by atoms with E-state index in [-0.39, 0.29) is 0 Å². The number of hydrogen-bond acceptors (Lipinski definition) is 2. The van der Waals surface area contributed by atoms with Crippen LogP contribution in [0.2, 0.25) is 0 Å². The molecule has 2 aromatic rings. The fourth-order valence-corrected chi connectivity index (χ4v) is 3.05. The number of benzene rings is 1. The Morgan fingerprint density at radius 1 is 1.28 bits per heavy atom. The fourth-order valence-electron chi connectivity index (χ4n) is 2.82. The smallest absolute Gasteiger partial charge is 0.105 e. The van der Waals surface area contributed by atoms with Gasteiger partial charge >= 0.3 is 0 Å². The molecule has 0 amide bonds. The minimum atomic E-state index is 0.506. The largest absolute Gasteiger partial charge is 0.389 e. The second-order valence-corrected chi connectivity index (χ2v) is 5.44. The van der Waals surface area contributed by atoms with Gasteiger partial charge in [0.25, 0.3) is 0 Å². The summed E-state index contributed by atoms with van der Waals surface area (Å²) in [5.74, 6) is 0. The van der Waals surface area contributed by atoms with Gasteiger partial charge in [-0.3, -0.25) is 4.98 Å². The van der Waals surface area contributed by atoms with Gasteiger partial charge in [-0.2, -0.15) is 0 Å². The van der Waals surface area contributed by atoms with E-state index in [1.807, 2.05) is 0 Å². The number of fused-ring (bicyclic) bond motifs is 2. The summed E-state index contributed by atoms with van der Waals surface area (Å²) in [4.78, 5) is 5.29. The van der Waals surface area contributed by atoms with Crippen molar-refractivity contribution >= 4 is 28.1 Å². The highest BCUT2D eigenvalue weighted by molar-refractivity contribution is 7.80. The highest BCUT2D eigenvalue weighted by Gasteiger charge is 2.19. The lowest BCUT2D eigenvalue weighted by molar-refractivity contribution is 0.670. The lowest BCUT2D eigenvalue weighted by atomic mass is 9.89. The molecule has 1 aliphatic rings. The molecule has 0 saturated carbocycles. The number of nitrogens with zero attached hydrogens (tertiary/aromatic N) is 1. The quantitative estimate of drug-likeness (QED) is 0.797. The number of aryl methyl sites for hydroxylation is 2. The van der Waals surface area contributed by atoms with E-state index in [0.29, 0.717) is 4.99 Å². The molecule has 0 aliphatic heterocycles. The maximum atomic E-state index is 5.96. The SMILES string of the molecule is Cc1ccc2nc3c(c(C(N)=S)c2c1)CCCC3. The van der Waals surface area contributed by atoms with E-state index in [1.165, 1.54) is 29.7 Å². The van der Waals surface area contributed by atoms with Crippen molar-refractivity contribution in [3.8, 4) is 0 Å². The molecule has 0 spiro atoms. The Balaban J connectivity index is 2.41. The molecule has 3 rings (SSSR count). The van der Waals surface area contributed by atoms with E-state index >= 15 is 0 Å². The van der Waals surface area contributed by atoms with Crippen molar-refractivity contribution in [1.82, 2.24) is 4.98 Å². The van der Waals surface area contributed by atoms with E-state index in [9.17, 15) is 0 Å². The Morgan fingerprint density at radius 2 is 2.06 bits per heavy atom. The summed E-state index contributed by atoms with van der Waals surface area (Å²) in [6.45, 7) is 2.09. The Morgan fingerprint density at radius 3 is 2.83 bits per heavy atom. The van der Waals surface area contributed by atoms with Gasteiger partial charge in [-0.05, 0) is 50.3 Å². The second-order valence-electron chi connectivity index (χ2n) is 5.00. The monoisotopic (exact) mass is 256 g/mol. The predicted octanol–water partition coefficient (Wildman–Crippen LogP) is 3.06. The molecule has 92 valence electrons. The molecule has 1 aromatic carbocycles. The maximum Gasteiger partial charge on any atom is 0.105 e. The fraction of sp³-hybridized carbons (Fsp3) is 0.333. The summed E-state index contributed by atoms with van der Waals surface area (Å²) in [5, 5.41) is 1.11. The summed E-state index contributed by atoms with van der Waals surface area (Å²) >= 11 is 5.27. The summed E-state index contributed by atoms with van der Waals surface area (Å²) in [7, 11) is 0. The molecular weight excluding hydrogens is 240 g/mol. The van der Waals surface area contributed by atoms with E-state index in [1.54, 1.807) is 0 Å². The predicted molar refractivity (Wildman–Crippen MR) is 79.0 cm³/mol. The third-order valence-electron chi connectivity index (χ3n) is 3.66. The van der Waals surface area contributed by atoms with Crippen LogP contribution in [0.4, 0.5) is 0 Å². The highest BCUT2D eigenvalue weighted by Crippen LogP contribution is 2.29. The summed E-state index contributed by atoms with van der Waals surface area (Å²) in [6.07, 6.45) is 4.53. The molecule has 1 heterocycles. The van der Waals surface area contributed by atoms with Crippen LogP contribution in [0, 0.1) is 6.92 Å². The minimum Gasteiger partial charge on any atom is -0.389 e. The molecular formula is C15H16N2S. The second kappa shape index (κ2) is 4.32. The van der Waals surface area contributed by atoms with Crippen LogP contribution >= 0.6 is 12.2 Å². The van der Waals surface area contributed by atoms with Gasteiger partial charge in [0.15, 0.2) is 0 Å². The van der Waals surface area contributed by atoms with Crippen LogP contribution in [0.1, 0.15) is 35.2 Å². The maximum absolute atomic E-state index is 5.96. The van der Waals surface area contributed by atoms with Crippen molar-refractivity contribution in [2.45, 2.75) is 32.6 Å². The minimum absolute atomic E-state index is 0.506. The molecule has 2 nitrogen and oxygen atoms in total. The molecule has 0 fully saturated rings. The van der Waals surface area contributed by atoms with Crippen molar-refractivity contribution in [2.75, 3.05) is 0 Å². The van der Waals surface area contributed by atoms with E-state index in [4.69, 9.17) is 22.9 Å². The highest BCUT2D eigenvalue weighted by atomic mass is 32.1. The normalized spacial score (nSPS) is 14.5. The number of nitrogens with two attached hydrogens (primary N) is 1. The Bertz CT molecular complexity index is 646. The molecule has 1 aliphatic carbocycles. The number of thiocarbonyl (C=S) groups is 1. The van der Waals surface area contributed by atoms with Gasteiger partial charge in [-0.25, -0.2) is 0 Å². The zero-order valence-electron chi connectivity index (χ0n) is 10.5. The zero-order chi connectivity index (χ0) is 12.7. The summed E-state index contributed by atoms with van der Waals surface area (Å²) in [5.41, 5.74) is 11.7. The number of hydrogen-bond donors (Lipinski definition) is 1. The van der Waals surface area contributed by atoms with Crippen molar-refractivity contribution in [1.29, 1.82) is 0 Å². The number of pyridine rings is 1. The number of rotatable bonds is 1. The first-order valence-electron chi connectivity index (χ1n) is 6.39. The van der Waals surface area contributed by atoms with Crippen LogP contribution in [-0.2, 0) is 12.8 Å². The first-order valence-corrected chi connectivity index (χ1v) is 6.79. The van der Waals surface area contributed by atoms with Crippen LogP contribution in [0.3, 0.4) is 0 Å². The standard InChI is InChI=1S/C15H16N2S/c1-9-6-7-13-11(8-9)14(15(16)18)10-4-2-3-5-12(10)17-13/h6-8H,2-5H2,1H3,(H2,16,18). The molecule has 2 N–H and O–H groups in total. The van der Waals surface area contributed by atoms with Gasteiger partial charge in [0.05, 0.1) is 5.52 Å². The third kappa shape index (κ3) is 1.79. The van der Waals surface area contributed by atoms with Crippen molar-refractivity contribution in [2.24, 2.45) is 5.73 Å². The van der Waals surface area contributed by atoms with Gasteiger partial charge in [0.1, 0.15) is 4.99 Å². The third-order valence-corrected chi connectivity index (χ3v) is 3.87. The molecule has 0 unspecified atom stereocenters. The van der Waals surface area contributed by atoms with Gasteiger partial charge < -0.3 is 5.73 Å². The van der Waals surface area contributed by atoms with Crippen LogP contribution in [0.15, 0.2) is 18.2 Å². The van der Waals surface area contributed by atoms with Crippen LogP contribution in [0.5, 0.6) is 0 Å². The Hall–Kier alpha value is -1.48. The summed E-state index contributed by atoms with van der Waals surface area (Å²) < 4.78 is 0. The van der Waals surface area contributed by atoms with Gasteiger partial charge in [-0.15, -0.1) is 0 Å². The van der Waals surface area contributed by atoms with Gasteiger partial charge in [0.2, 0.25) is 0 Å². The van der Waals surface area contributed by atoms with Crippen molar-refractivity contribution < 1.29 is 0 Å².